The van der Waals surface area contributed by atoms with Crippen molar-refractivity contribution < 1.29 is 19.8 Å². The molecule has 2 rings (SSSR count). The maximum absolute atomic E-state index is 11.0. The third-order valence-corrected chi connectivity index (χ3v) is 2.59. The Hall–Kier alpha value is -2.04. The first kappa shape index (κ1) is 18.0. The van der Waals surface area contributed by atoms with Crippen LogP contribution in [0, 0.1) is 0 Å². The molecule has 2 N–H and O–H groups in total. The highest BCUT2D eigenvalue weighted by Gasteiger charge is 2.16. The predicted molar refractivity (Wildman–Crippen MR) is 80.3 cm³/mol. The van der Waals surface area contributed by atoms with Crippen LogP contribution in [0.15, 0.2) is 48.5 Å². The maximum Gasteiger partial charge on any atom is 0.336 e. The molecule has 0 radical (unpaired) electrons. The largest absolute Gasteiger partial charge is 0.478 e. The predicted octanol–water partition coefficient (Wildman–Crippen LogP) is 3.59. The van der Waals surface area contributed by atoms with Crippen LogP contribution in [0.4, 0.5) is 0 Å². The molecule has 106 valence electrons. The lowest BCUT2D eigenvalue weighted by atomic mass is 9.99. The van der Waals surface area contributed by atoms with E-state index in [-0.39, 0.29) is 35.9 Å². The van der Waals surface area contributed by atoms with Gasteiger partial charge in [-0.25, -0.2) is 9.59 Å². The summed E-state index contributed by atoms with van der Waals surface area (Å²) in [7, 11) is 0. The Bertz CT molecular complexity index is 612. The van der Waals surface area contributed by atoms with Crippen LogP contribution in [0.2, 0.25) is 0 Å². The van der Waals surface area contributed by atoms with Crippen molar-refractivity contribution in [2.45, 2.75) is 0 Å². The first-order chi connectivity index (χ1) is 8.59. The van der Waals surface area contributed by atoms with Crippen LogP contribution in [-0.2, 0) is 0 Å². The van der Waals surface area contributed by atoms with E-state index in [1.165, 1.54) is 12.1 Å². The number of carbonyl (C=O) groups is 2. The number of rotatable bonds is 3. The Labute approximate surface area is 127 Å². The van der Waals surface area contributed by atoms with Gasteiger partial charge in [-0.15, -0.1) is 24.8 Å². The summed E-state index contributed by atoms with van der Waals surface area (Å²) in [5, 5.41) is 17.9. The molecule has 2 aromatic rings. The van der Waals surface area contributed by atoms with Gasteiger partial charge in [-0.3, -0.25) is 0 Å². The third-order valence-electron chi connectivity index (χ3n) is 2.59. The van der Waals surface area contributed by atoms with Crippen LogP contribution in [0.1, 0.15) is 20.7 Å². The fourth-order valence-corrected chi connectivity index (χ4v) is 1.72. The summed E-state index contributed by atoms with van der Waals surface area (Å²) in [5.74, 6) is -2.49. The Morgan fingerprint density at radius 1 is 0.700 bits per heavy atom. The van der Waals surface area contributed by atoms with E-state index < -0.39 is 11.9 Å². The molecular formula is C14H12Cl2O4. The fourth-order valence-electron chi connectivity index (χ4n) is 1.72. The minimum atomic E-state index is -1.25. The maximum atomic E-state index is 11.0. The van der Waals surface area contributed by atoms with Crippen LogP contribution in [0.25, 0.3) is 11.1 Å². The zero-order valence-corrected chi connectivity index (χ0v) is 11.8. The Morgan fingerprint density at radius 2 is 1.25 bits per heavy atom. The smallest absolute Gasteiger partial charge is 0.336 e. The molecule has 4 nitrogen and oxygen atoms in total. The van der Waals surface area contributed by atoms with Crippen molar-refractivity contribution in [3.05, 3.63) is 59.7 Å². The third kappa shape index (κ3) is 3.73. The minimum absolute atomic E-state index is 0. The molecule has 0 amide bonds. The molecule has 0 aliphatic carbocycles. The van der Waals surface area contributed by atoms with E-state index in [1.54, 1.807) is 6.07 Å². The highest BCUT2D eigenvalue weighted by molar-refractivity contribution is 6.02. The molecule has 0 aromatic heterocycles. The number of carboxylic acid groups (broad SMARTS) is 2. The lowest BCUT2D eigenvalue weighted by Crippen LogP contribution is -2.07. The molecule has 0 atom stereocenters. The van der Waals surface area contributed by atoms with E-state index in [0.717, 1.165) is 5.56 Å². The minimum Gasteiger partial charge on any atom is -0.478 e. The summed E-state index contributed by atoms with van der Waals surface area (Å²) in [5.41, 5.74) is 1.11. The van der Waals surface area contributed by atoms with Crippen molar-refractivity contribution in [1.29, 1.82) is 0 Å². The van der Waals surface area contributed by atoms with Crippen LogP contribution < -0.4 is 0 Å². The molecule has 0 bridgehead atoms. The number of aromatic carboxylic acids is 2. The zero-order valence-electron chi connectivity index (χ0n) is 10.1. The summed E-state index contributed by atoms with van der Waals surface area (Å²) >= 11 is 0. The van der Waals surface area contributed by atoms with E-state index in [9.17, 15) is 9.59 Å². The van der Waals surface area contributed by atoms with Gasteiger partial charge < -0.3 is 10.2 Å². The van der Waals surface area contributed by atoms with Gasteiger partial charge in [-0.1, -0.05) is 36.4 Å². The first-order valence-corrected chi connectivity index (χ1v) is 5.25. The van der Waals surface area contributed by atoms with Gasteiger partial charge in [0, 0.05) is 0 Å². The molecule has 0 aliphatic rings. The molecular weight excluding hydrogens is 303 g/mol. The highest BCUT2D eigenvalue weighted by atomic mass is 35.5. The lowest BCUT2D eigenvalue weighted by molar-refractivity contribution is 0.0651. The van der Waals surface area contributed by atoms with E-state index in [0.29, 0.717) is 5.56 Å². The summed E-state index contributed by atoms with van der Waals surface area (Å²) < 4.78 is 0. The summed E-state index contributed by atoms with van der Waals surface area (Å²) in [4.78, 5) is 22.0. The van der Waals surface area contributed by atoms with Gasteiger partial charge in [0.25, 0.3) is 0 Å². The summed E-state index contributed by atoms with van der Waals surface area (Å²) in [6.07, 6.45) is 0. The normalized spacial score (nSPS) is 9.00. The molecule has 2 aromatic carbocycles. The Balaban J connectivity index is 0.00000180. The number of carboxylic acids is 2. The van der Waals surface area contributed by atoms with Crippen LogP contribution in [-0.4, -0.2) is 22.2 Å². The average Bonchev–Trinajstić information content (AvgIpc) is 2.39. The first-order valence-electron chi connectivity index (χ1n) is 5.25. The van der Waals surface area contributed by atoms with E-state index >= 15 is 0 Å². The molecule has 6 heteroatoms. The van der Waals surface area contributed by atoms with Crippen LogP contribution >= 0.6 is 24.8 Å². The standard InChI is InChI=1S/C14H10O4.2ClH/c15-13(16)11-7-6-10(8-12(11)14(17)18)9-4-2-1-3-5-9;;/h1-8H,(H,15,16)(H,17,18);2*1H. The lowest BCUT2D eigenvalue weighted by Gasteiger charge is -2.06. The Kier molecular flexibility index (Phi) is 6.76. The molecule has 0 spiro atoms. The van der Waals surface area contributed by atoms with Crippen molar-refractivity contribution in [3.63, 3.8) is 0 Å². The topological polar surface area (TPSA) is 74.6 Å². The number of benzene rings is 2. The molecule has 0 saturated carbocycles. The Morgan fingerprint density at radius 3 is 1.75 bits per heavy atom. The molecule has 0 unspecified atom stereocenters. The average molecular weight is 315 g/mol. The number of halogens is 2. The van der Waals surface area contributed by atoms with Crippen LogP contribution in [0.3, 0.4) is 0 Å². The summed E-state index contributed by atoms with van der Waals surface area (Å²) in [6.45, 7) is 0. The van der Waals surface area contributed by atoms with Gasteiger partial charge in [0.15, 0.2) is 0 Å². The van der Waals surface area contributed by atoms with E-state index in [1.807, 2.05) is 30.3 Å². The SMILES string of the molecule is Cl.Cl.O=C(O)c1ccc(-c2ccccc2)cc1C(=O)O. The zero-order chi connectivity index (χ0) is 13.1. The molecule has 0 aliphatic heterocycles. The summed E-state index contributed by atoms with van der Waals surface area (Å²) in [6, 6.07) is 13.5. The van der Waals surface area contributed by atoms with Crippen LogP contribution in [0.5, 0.6) is 0 Å². The second-order valence-corrected chi connectivity index (χ2v) is 3.74. The highest BCUT2D eigenvalue weighted by Crippen LogP contribution is 2.22. The molecule has 0 heterocycles. The van der Waals surface area contributed by atoms with E-state index in [2.05, 4.69) is 0 Å². The number of hydrogen-bond donors (Lipinski definition) is 2. The second-order valence-electron chi connectivity index (χ2n) is 3.74. The second kappa shape index (κ2) is 7.53. The van der Waals surface area contributed by atoms with Gasteiger partial charge in [0.2, 0.25) is 0 Å². The monoisotopic (exact) mass is 314 g/mol. The van der Waals surface area contributed by atoms with Crippen molar-refractivity contribution >= 4 is 36.8 Å². The van der Waals surface area contributed by atoms with Crippen molar-refractivity contribution in [2.24, 2.45) is 0 Å². The van der Waals surface area contributed by atoms with Crippen molar-refractivity contribution in [1.82, 2.24) is 0 Å². The van der Waals surface area contributed by atoms with Crippen molar-refractivity contribution in [2.75, 3.05) is 0 Å². The van der Waals surface area contributed by atoms with Crippen molar-refractivity contribution in [3.8, 4) is 11.1 Å². The van der Waals surface area contributed by atoms with Gasteiger partial charge in [0.1, 0.15) is 0 Å². The van der Waals surface area contributed by atoms with Gasteiger partial charge >= 0.3 is 11.9 Å². The van der Waals surface area contributed by atoms with Gasteiger partial charge in [0.05, 0.1) is 11.1 Å². The molecule has 20 heavy (non-hydrogen) atoms. The molecule has 0 fully saturated rings. The number of hydrogen-bond acceptors (Lipinski definition) is 2. The van der Waals surface area contributed by atoms with Gasteiger partial charge in [-0.05, 0) is 23.3 Å². The molecule has 0 saturated heterocycles. The fraction of sp³-hybridized carbons (Fsp3) is 0. The van der Waals surface area contributed by atoms with Gasteiger partial charge in [-0.2, -0.15) is 0 Å². The van der Waals surface area contributed by atoms with E-state index in [4.69, 9.17) is 10.2 Å². The quantitative estimate of drug-likeness (QED) is 0.907.